The maximum Gasteiger partial charge on any atom is 0.573 e. The van der Waals surface area contributed by atoms with E-state index in [2.05, 4.69) is 21.1 Å². The van der Waals surface area contributed by atoms with E-state index < -0.39 is 17.5 Å². The Balaban J connectivity index is 1.95. The van der Waals surface area contributed by atoms with E-state index in [9.17, 15) is 18.0 Å². The fraction of sp³-hybridized carbons (Fsp3) is 0.632. The Labute approximate surface area is 167 Å². The van der Waals surface area contributed by atoms with Crippen LogP contribution in [-0.2, 0) is 4.79 Å². The number of aromatic nitrogens is 1. The van der Waals surface area contributed by atoms with E-state index in [1.165, 1.54) is 12.3 Å². The highest BCUT2D eigenvalue weighted by molar-refractivity contribution is 5.82. The van der Waals surface area contributed by atoms with Crippen LogP contribution in [0.4, 0.5) is 13.2 Å². The summed E-state index contributed by atoms with van der Waals surface area (Å²) in [7, 11) is 0. The van der Waals surface area contributed by atoms with Crippen molar-refractivity contribution in [3.05, 3.63) is 18.3 Å². The number of alkyl halides is 3. The van der Waals surface area contributed by atoms with Gasteiger partial charge in [0.05, 0.1) is 18.0 Å². The first-order valence-corrected chi connectivity index (χ1v) is 9.25. The molecule has 1 N–H and O–H groups in total. The standard InChI is InChI=1S/C19H25F3N4O3/c1-13-11-26(10-7-23)9-6-14(13)25-17(27)18(2,3)12-28-16-15(5-4-8-24-16)29-19(20,21)22/h4-5,8,13-14H,6,9-12H2,1-3H3,(H,25,27). The van der Waals surface area contributed by atoms with Gasteiger partial charge in [0.2, 0.25) is 5.91 Å². The molecule has 1 fully saturated rings. The molecule has 0 bridgehead atoms. The fourth-order valence-electron chi connectivity index (χ4n) is 3.05. The number of hydrogen-bond acceptors (Lipinski definition) is 6. The molecule has 2 heterocycles. The van der Waals surface area contributed by atoms with Crippen molar-refractivity contribution >= 4 is 5.91 Å². The van der Waals surface area contributed by atoms with Gasteiger partial charge in [0.1, 0.15) is 6.61 Å². The minimum atomic E-state index is -4.87. The van der Waals surface area contributed by atoms with Crippen molar-refractivity contribution in [2.45, 2.75) is 39.6 Å². The lowest BCUT2D eigenvalue weighted by Crippen LogP contribution is -2.53. The van der Waals surface area contributed by atoms with Crippen LogP contribution in [0, 0.1) is 22.7 Å². The van der Waals surface area contributed by atoms with Gasteiger partial charge >= 0.3 is 6.36 Å². The van der Waals surface area contributed by atoms with Crippen LogP contribution in [0.5, 0.6) is 11.6 Å². The maximum absolute atomic E-state index is 12.7. The Morgan fingerprint density at radius 3 is 2.79 bits per heavy atom. The highest BCUT2D eigenvalue weighted by atomic mass is 19.4. The summed E-state index contributed by atoms with van der Waals surface area (Å²) < 4.78 is 46.8. The fourth-order valence-corrected chi connectivity index (χ4v) is 3.05. The first kappa shape index (κ1) is 22.7. The molecule has 2 atom stereocenters. The third kappa shape index (κ3) is 6.78. The number of rotatable bonds is 7. The second-order valence-electron chi connectivity index (χ2n) is 7.77. The Kier molecular flexibility index (Phi) is 7.30. The third-order valence-corrected chi connectivity index (χ3v) is 4.75. The van der Waals surface area contributed by atoms with Gasteiger partial charge in [0, 0.05) is 25.3 Å². The average Bonchev–Trinajstić information content (AvgIpc) is 2.62. The summed E-state index contributed by atoms with van der Waals surface area (Å²) in [6, 6.07) is 4.47. The molecule has 1 aromatic rings. The Bertz CT molecular complexity index is 749. The minimum Gasteiger partial charge on any atom is -0.474 e. The van der Waals surface area contributed by atoms with E-state index in [0.717, 1.165) is 12.5 Å². The Morgan fingerprint density at radius 1 is 1.45 bits per heavy atom. The van der Waals surface area contributed by atoms with E-state index >= 15 is 0 Å². The number of nitriles is 1. The van der Waals surface area contributed by atoms with Crippen molar-refractivity contribution < 1.29 is 27.4 Å². The first-order valence-electron chi connectivity index (χ1n) is 9.25. The summed E-state index contributed by atoms with van der Waals surface area (Å²) in [6.07, 6.45) is -2.87. The van der Waals surface area contributed by atoms with Crippen molar-refractivity contribution in [2.24, 2.45) is 11.3 Å². The van der Waals surface area contributed by atoms with Crippen molar-refractivity contribution in [3.8, 4) is 17.7 Å². The van der Waals surface area contributed by atoms with Gasteiger partial charge in [-0.15, -0.1) is 13.2 Å². The van der Waals surface area contributed by atoms with Gasteiger partial charge in [-0.3, -0.25) is 9.69 Å². The number of carbonyl (C=O) groups is 1. The molecular formula is C19H25F3N4O3. The van der Waals surface area contributed by atoms with Crippen molar-refractivity contribution in [2.75, 3.05) is 26.2 Å². The lowest BCUT2D eigenvalue weighted by Gasteiger charge is -2.37. The highest BCUT2D eigenvalue weighted by Crippen LogP contribution is 2.31. The number of piperidine rings is 1. The summed E-state index contributed by atoms with van der Waals surface area (Å²) in [4.78, 5) is 18.5. The van der Waals surface area contributed by atoms with Gasteiger partial charge in [-0.05, 0) is 38.3 Å². The molecule has 10 heteroatoms. The monoisotopic (exact) mass is 414 g/mol. The zero-order valence-electron chi connectivity index (χ0n) is 16.6. The molecule has 2 rings (SSSR count). The summed E-state index contributed by atoms with van der Waals surface area (Å²) in [6.45, 7) is 6.90. The molecule has 1 aliphatic heterocycles. The topological polar surface area (TPSA) is 87.5 Å². The zero-order valence-corrected chi connectivity index (χ0v) is 16.6. The van der Waals surface area contributed by atoms with Crippen molar-refractivity contribution in [1.29, 1.82) is 5.26 Å². The van der Waals surface area contributed by atoms with E-state index in [1.807, 2.05) is 11.8 Å². The van der Waals surface area contributed by atoms with Crippen LogP contribution in [0.25, 0.3) is 0 Å². The quantitative estimate of drug-likeness (QED) is 0.691. The molecule has 1 aromatic heterocycles. The molecule has 7 nitrogen and oxygen atoms in total. The van der Waals surface area contributed by atoms with Crippen molar-refractivity contribution in [1.82, 2.24) is 15.2 Å². The molecule has 2 unspecified atom stereocenters. The first-order chi connectivity index (χ1) is 13.5. The lowest BCUT2D eigenvalue weighted by molar-refractivity contribution is -0.275. The molecule has 0 spiro atoms. The molecule has 0 saturated carbocycles. The number of nitrogens with one attached hydrogen (secondary N) is 1. The van der Waals surface area contributed by atoms with Gasteiger partial charge in [0.25, 0.3) is 5.88 Å². The van der Waals surface area contributed by atoms with E-state index in [1.54, 1.807) is 13.8 Å². The molecule has 0 aliphatic carbocycles. The molecule has 29 heavy (non-hydrogen) atoms. The molecule has 1 aliphatic rings. The number of amides is 1. The second-order valence-corrected chi connectivity index (χ2v) is 7.77. The largest absolute Gasteiger partial charge is 0.573 e. The van der Waals surface area contributed by atoms with E-state index in [-0.39, 0.29) is 30.4 Å². The molecular weight excluding hydrogens is 389 g/mol. The summed E-state index contributed by atoms with van der Waals surface area (Å²) in [5, 5.41) is 11.8. The van der Waals surface area contributed by atoms with Crippen LogP contribution in [0.1, 0.15) is 27.2 Å². The smallest absolute Gasteiger partial charge is 0.474 e. The predicted molar refractivity (Wildman–Crippen MR) is 98.0 cm³/mol. The van der Waals surface area contributed by atoms with Crippen LogP contribution in [0.2, 0.25) is 0 Å². The number of nitrogens with zero attached hydrogens (tertiary/aromatic N) is 3. The number of halogens is 3. The van der Waals surface area contributed by atoms with Crippen LogP contribution in [0.3, 0.4) is 0 Å². The molecule has 160 valence electrons. The third-order valence-electron chi connectivity index (χ3n) is 4.75. The van der Waals surface area contributed by atoms with Crippen LogP contribution >= 0.6 is 0 Å². The van der Waals surface area contributed by atoms with E-state index in [4.69, 9.17) is 10.00 Å². The summed E-state index contributed by atoms with van der Waals surface area (Å²) in [5.41, 5.74) is -1.00. The summed E-state index contributed by atoms with van der Waals surface area (Å²) >= 11 is 0. The summed E-state index contributed by atoms with van der Waals surface area (Å²) in [5.74, 6) is -0.990. The van der Waals surface area contributed by atoms with Gasteiger partial charge in [-0.1, -0.05) is 6.92 Å². The predicted octanol–water partition coefficient (Wildman–Crippen LogP) is 2.74. The lowest BCUT2D eigenvalue weighted by atomic mass is 9.89. The van der Waals surface area contributed by atoms with Gasteiger partial charge in [-0.25, -0.2) is 4.98 Å². The number of likely N-dealkylation sites (tertiary alicyclic amines) is 1. The molecule has 0 aromatic carbocycles. The zero-order chi connectivity index (χ0) is 21.7. The van der Waals surface area contributed by atoms with Crippen LogP contribution in [-0.4, -0.2) is 54.4 Å². The van der Waals surface area contributed by atoms with E-state index in [0.29, 0.717) is 19.6 Å². The SMILES string of the molecule is CC1CN(CC#N)CCC1NC(=O)C(C)(C)COc1ncccc1OC(F)(F)F. The Hall–Kier alpha value is -2.54. The number of carbonyl (C=O) groups excluding carboxylic acids is 1. The number of ether oxygens (including phenoxy) is 2. The highest BCUT2D eigenvalue weighted by Gasteiger charge is 2.35. The van der Waals surface area contributed by atoms with Crippen molar-refractivity contribution in [3.63, 3.8) is 0 Å². The van der Waals surface area contributed by atoms with Crippen LogP contribution < -0.4 is 14.8 Å². The normalized spacial score (nSPS) is 20.6. The Morgan fingerprint density at radius 2 is 2.17 bits per heavy atom. The molecule has 1 amide bonds. The minimum absolute atomic E-state index is 0.0457. The molecule has 0 radical (unpaired) electrons. The van der Waals surface area contributed by atoms with Gasteiger partial charge in [-0.2, -0.15) is 5.26 Å². The van der Waals surface area contributed by atoms with Gasteiger partial charge in [0.15, 0.2) is 5.75 Å². The number of hydrogen-bond donors (Lipinski definition) is 1. The molecule has 1 saturated heterocycles. The average molecular weight is 414 g/mol. The number of pyridine rings is 1. The van der Waals surface area contributed by atoms with Crippen LogP contribution in [0.15, 0.2) is 18.3 Å². The second kappa shape index (κ2) is 9.31. The van der Waals surface area contributed by atoms with Gasteiger partial charge < -0.3 is 14.8 Å². The maximum atomic E-state index is 12.7.